The number of nitrogens with one attached hydrogen (secondary N) is 1. The van der Waals surface area contributed by atoms with E-state index in [0.717, 1.165) is 6.42 Å². The first-order valence-electron chi connectivity index (χ1n) is 4.84. The van der Waals surface area contributed by atoms with E-state index in [0.29, 0.717) is 12.3 Å². The molecule has 2 N–H and O–H groups in total. The van der Waals surface area contributed by atoms with Crippen LogP contribution in [-0.4, -0.2) is 24.7 Å². The highest BCUT2D eigenvalue weighted by molar-refractivity contribution is 5.97. The summed E-state index contributed by atoms with van der Waals surface area (Å²) >= 11 is 0. The lowest BCUT2D eigenvalue weighted by molar-refractivity contribution is 0.0950. The van der Waals surface area contributed by atoms with Crippen molar-refractivity contribution in [1.82, 2.24) is 5.32 Å². The van der Waals surface area contributed by atoms with E-state index in [1.807, 2.05) is 6.92 Å². The number of hydrogen-bond acceptors (Lipinski definition) is 3. The molecule has 1 rings (SSSR count). The number of ether oxygens (including phenoxy) is 1. The molecule has 0 bridgehead atoms. The van der Waals surface area contributed by atoms with Crippen molar-refractivity contribution in [3.63, 3.8) is 0 Å². The molecule has 0 atom stereocenters. The zero-order valence-electron chi connectivity index (χ0n) is 8.91. The molecule has 4 heteroatoms. The van der Waals surface area contributed by atoms with Gasteiger partial charge in [-0.25, -0.2) is 0 Å². The Kier molecular flexibility index (Phi) is 3.97. The summed E-state index contributed by atoms with van der Waals surface area (Å²) < 4.78 is 4.97. The van der Waals surface area contributed by atoms with E-state index in [-0.39, 0.29) is 17.2 Å². The van der Waals surface area contributed by atoms with Crippen LogP contribution in [0.25, 0.3) is 0 Å². The summed E-state index contributed by atoms with van der Waals surface area (Å²) in [4.78, 5) is 11.6. The highest BCUT2D eigenvalue weighted by atomic mass is 16.5. The number of hydrogen-bond donors (Lipinski definition) is 2. The number of carbonyl (C=O) groups excluding carboxylic acids is 1. The molecule has 0 aromatic heterocycles. The minimum absolute atomic E-state index is 0.0376. The zero-order valence-corrected chi connectivity index (χ0v) is 8.91. The number of carbonyl (C=O) groups is 1. The summed E-state index contributed by atoms with van der Waals surface area (Å²) in [6, 6.07) is 4.56. The van der Waals surface area contributed by atoms with Gasteiger partial charge in [-0.1, -0.05) is 6.92 Å². The number of phenolic OH excluding ortho intramolecular Hbond substituents is 1. The molecule has 0 saturated carbocycles. The number of aromatic hydroxyl groups is 1. The Labute approximate surface area is 88.9 Å². The summed E-state index contributed by atoms with van der Waals surface area (Å²) in [5, 5.41) is 12.2. The Morgan fingerprint density at radius 3 is 2.87 bits per heavy atom. The van der Waals surface area contributed by atoms with Crippen LogP contribution in [0.15, 0.2) is 18.2 Å². The van der Waals surface area contributed by atoms with Gasteiger partial charge in [0.1, 0.15) is 11.5 Å². The van der Waals surface area contributed by atoms with E-state index in [9.17, 15) is 9.90 Å². The predicted molar refractivity (Wildman–Crippen MR) is 57.3 cm³/mol. The molecule has 4 nitrogen and oxygen atoms in total. The molecular weight excluding hydrogens is 194 g/mol. The summed E-state index contributed by atoms with van der Waals surface area (Å²) in [6.07, 6.45) is 0.858. The van der Waals surface area contributed by atoms with Crippen molar-refractivity contribution >= 4 is 5.91 Å². The van der Waals surface area contributed by atoms with Crippen molar-refractivity contribution in [1.29, 1.82) is 0 Å². The average Bonchev–Trinajstić information content (AvgIpc) is 2.26. The van der Waals surface area contributed by atoms with Gasteiger partial charge in [0.05, 0.1) is 12.7 Å². The lowest BCUT2D eigenvalue weighted by Gasteiger charge is -2.07. The molecule has 0 saturated heterocycles. The second-order valence-electron chi connectivity index (χ2n) is 3.14. The van der Waals surface area contributed by atoms with Crippen LogP contribution in [0.5, 0.6) is 11.5 Å². The fourth-order valence-electron chi connectivity index (χ4n) is 1.16. The lowest BCUT2D eigenvalue weighted by Crippen LogP contribution is -2.24. The maximum Gasteiger partial charge on any atom is 0.255 e. The first-order chi connectivity index (χ1) is 7.19. The summed E-state index contributed by atoms with van der Waals surface area (Å²) in [6.45, 7) is 2.56. The quantitative estimate of drug-likeness (QED) is 0.790. The molecule has 15 heavy (non-hydrogen) atoms. The largest absolute Gasteiger partial charge is 0.507 e. The maximum atomic E-state index is 11.6. The standard InChI is InChI=1S/C11H15NO3/c1-3-6-12-11(14)9-7-8(15-2)4-5-10(9)13/h4-5,7,13H,3,6H2,1-2H3,(H,12,14). The van der Waals surface area contributed by atoms with E-state index in [2.05, 4.69) is 5.32 Å². The second-order valence-corrected chi connectivity index (χ2v) is 3.14. The molecule has 0 aliphatic rings. The van der Waals surface area contributed by atoms with E-state index >= 15 is 0 Å². The third-order valence-electron chi connectivity index (χ3n) is 1.98. The summed E-state index contributed by atoms with van der Waals surface area (Å²) in [5.41, 5.74) is 0.239. The molecule has 82 valence electrons. The van der Waals surface area contributed by atoms with Gasteiger partial charge < -0.3 is 15.2 Å². The maximum absolute atomic E-state index is 11.6. The third kappa shape index (κ3) is 2.87. The average molecular weight is 209 g/mol. The highest BCUT2D eigenvalue weighted by Gasteiger charge is 2.11. The monoisotopic (exact) mass is 209 g/mol. The van der Waals surface area contributed by atoms with E-state index in [4.69, 9.17) is 4.74 Å². The Balaban J connectivity index is 2.86. The van der Waals surface area contributed by atoms with Gasteiger partial charge in [-0.2, -0.15) is 0 Å². The molecule has 0 spiro atoms. The van der Waals surface area contributed by atoms with E-state index in [1.54, 1.807) is 6.07 Å². The predicted octanol–water partition coefficient (Wildman–Crippen LogP) is 1.54. The number of amides is 1. The first-order valence-corrected chi connectivity index (χ1v) is 4.84. The molecule has 0 heterocycles. The van der Waals surface area contributed by atoms with Crippen molar-refractivity contribution in [2.75, 3.05) is 13.7 Å². The number of rotatable bonds is 4. The minimum atomic E-state index is -0.284. The van der Waals surface area contributed by atoms with Crippen LogP contribution in [-0.2, 0) is 0 Å². The van der Waals surface area contributed by atoms with Crippen LogP contribution >= 0.6 is 0 Å². The van der Waals surface area contributed by atoms with Crippen LogP contribution in [0.2, 0.25) is 0 Å². The van der Waals surface area contributed by atoms with Crippen LogP contribution < -0.4 is 10.1 Å². The Bertz CT molecular complexity index is 350. The lowest BCUT2D eigenvalue weighted by atomic mass is 10.1. The fourth-order valence-corrected chi connectivity index (χ4v) is 1.16. The molecule has 0 fully saturated rings. The van der Waals surface area contributed by atoms with Crippen LogP contribution in [0.3, 0.4) is 0 Å². The normalized spacial score (nSPS) is 9.73. The Morgan fingerprint density at radius 1 is 1.53 bits per heavy atom. The van der Waals surface area contributed by atoms with Crippen LogP contribution in [0.1, 0.15) is 23.7 Å². The number of phenols is 1. The molecule has 0 aliphatic heterocycles. The molecule has 1 aromatic carbocycles. The van der Waals surface area contributed by atoms with Gasteiger partial charge in [-0.15, -0.1) is 0 Å². The molecule has 0 unspecified atom stereocenters. The van der Waals surface area contributed by atoms with E-state index in [1.165, 1.54) is 19.2 Å². The molecule has 0 radical (unpaired) electrons. The van der Waals surface area contributed by atoms with Crippen molar-refractivity contribution in [2.45, 2.75) is 13.3 Å². The van der Waals surface area contributed by atoms with Gasteiger partial charge in [-0.3, -0.25) is 4.79 Å². The van der Waals surface area contributed by atoms with Gasteiger partial charge in [-0.05, 0) is 24.6 Å². The van der Waals surface area contributed by atoms with Crippen LogP contribution in [0, 0.1) is 0 Å². The third-order valence-corrected chi connectivity index (χ3v) is 1.98. The minimum Gasteiger partial charge on any atom is -0.507 e. The molecule has 1 aromatic rings. The Morgan fingerprint density at radius 2 is 2.27 bits per heavy atom. The molecule has 0 aliphatic carbocycles. The summed E-state index contributed by atoms with van der Waals surface area (Å²) in [7, 11) is 1.51. The van der Waals surface area contributed by atoms with Gasteiger partial charge in [0.25, 0.3) is 5.91 Å². The topological polar surface area (TPSA) is 58.6 Å². The first kappa shape index (κ1) is 11.4. The number of methoxy groups -OCH3 is 1. The Hall–Kier alpha value is -1.71. The van der Waals surface area contributed by atoms with Crippen molar-refractivity contribution in [3.8, 4) is 11.5 Å². The van der Waals surface area contributed by atoms with Crippen molar-refractivity contribution < 1.29 is 14.6 Å². The van der Waals surface area contributed by atoms with Gasteiger partial charge >= 0.3 is 0 Å². The zero-order chi connectivity index (χ0) is 11.3. The smallest absolute Gasteiger partial charge is 0.255 e. The highest BCUT2D eigenvalue weighted by Crippen LogP contribution is 2.22. The van der Waals surface area contributed by atoms with Gasteiger partial charge in [0, 0.05) is 6.54 Å². The molecule has 1 amide bonds. The van der Waals surface area contributed by atoms with Gasteiger partial charge in [0.15, 0.2) is 0 Å². The number of benzene rings is 1. The van der Waals surface area contributed by atoms with Crippen LogP contribution in [0.4, 0.5) is 0 Å². The van der Waals surface area contributed by atoms with Gasteiger partial charge in [0.2, 0.25) is 0 Å². The SMILES string of the molecule is CCCNC(=O)c1cc(OC)ccc1O. The van der Waals surface area contributed by atoms with E-state index < -0.39 is 0 Å². The molecular formula is C11H15NO3. The fraction of sp³-hybridized carbons (Fsp3) is 0.364. The summed E-state index contributed by atoms with van der Waals surface area (Å²) in [5.74, 6) is 0.229. The van der Waals surface area contributed by atoms with Crippen molar-refractivity contribution in [2.24, 2.45) is 0 Å². The van der Waals surface area contributed by atoms with Crippen molar-refractivity contribution in [3.05, 3.63) is 23.8 Å². The second kappa shape index (κ2) is 5.24.